The Kier molecular flexibility index (Phi) is 6.89. The number of hydrogen-bond donors (Lipinski definition) is 2. The summed E-state index contributed by atoms with van der Waals surface area (Å²) in [6.07, 6.45) is 0. The minimum absolute atomic E-state index is 0.255. The summed E-state index contributed by atoms with van der Waals surface area (Å²) in [5.41, 5.74) is 11.5. The van der Waals surface area contributed by atoms with Gasteiger partial charge in [0.05, 0.1) is 0 Å². The second-order valence-electron chi connectivity index (χ2n) is 7.16. The Morgan fingerprint density at radius 3 is 1.81 bits per heavy atom. The Balaban J connectivity index is 2.90. The Hall–Kier alpha value is -0.860. The Bertz CT molecular complexity index is 418. The van der Waals surface area contributed by atoms with Crippen LogP contribution in [0.1, 0.15) is 56.0 Å². The molecule has 0 bridgehead atoms. The molecule has 0 saturated heterocycles. The van der Waals surface area contributed by atoms with Gasteiger partial charge in [0.25, 0.3) is 0 Å². The smallest absolute Gasteiger partial charge is 0.0449 e. The van der Waals surface area contributed by atoms with Crippen molar-refractivity contribution in [2.24, 2.45) is 23.5 Å². The number of benzene rings is 1. The highest BCUT2D eigenvalue weighted by atomic mass is 14.9. The summed E-state index contributed by atoms with van der Waals surface area (Å²) in [6.45, 7) is 17.5. The molecule has 1 rings (SSSR count). The first-order chi connectivity index (χ1) is 9.77. The Morgan fingerprint density at radius 2 is 1.43 bits per heavy atom. The summed E-state index contributed by atoms with van der Waals surface area (Å²) in [7, 11) is 0. The first-order valence-corrected chi connectivity index (χ1v) is 8.29. The maximum atomic E-state index is 6.06. The van der Waals surface area contributed by atoms with Gasteiger partial charge in [-0.3, -0.25) is 0 Å². The van der Waals surface area contributed by atoms with E-state index in [4.69, 9.17) is 5.73 Å². The van der Waals surface area contributed by atoms with Crippen molar-refractivity contribution in [1.29, 1.82) is 0 Å². The first kappa shape index (κ1) is 18.2. The van der Waals surface area contributed by atoms with E-state index in [0.717, 1.165) is 6.54 Å². The molecule has 0 fully saturated rings. The van der Waals surface area contributed by atoms with Gasteiger partial charge in [0.1, 0.15) is 0 Å². The van der Waals surface area contributed by atoms with Crippen molar-refractivity contribution >= 4 is 0 Å². The molecule has 1 aromatic carbocycles. The largest absolute Gasteiger partial charge is 0.329 e. The van der Waals surface area contributed by atoms with Crippen LogP contribution in [0.15, 0.2) is 12.1 Å². The molecule has 2 nitrogen and oxygen atoms in total. The van der Waals surface area contributed by atoms with Crippen LogP contribution in [-0.4, -0.2) is 13.1 Å². The molecule has 0 aliphatic heterocycles. The van der Waals surface area contributed by atoms with Crippen molar-refractivity contribution in [3.05, 3.63) is 34.4 Å². The molecule has 21 heavy (non-hydrogen) atoms. The van der Waals surface area contributed by atoms with E-state index in [2.05, 4.69) is 65.9 Å². The molecule has 0 aliphatic carbocycles. The summed E-state index contributed by atoms with van der Waals surface area (Å²) < 4.78 is 0. The predicted octanol–water partition coefficient (Wildman–Crippen LogP) is 4.13. The fourth-order valence-electron chi connectivity index (χ4n) is 3.56. The van der Waals surface area contributed by atoms with E-state index >= 15 is 0 Å². The minimum Gasteiger partial charge on any atom is -0.329 e. The fraction of sp³-hybridized carbons (Fsp3) is 0.684. The minimum atomic E-state index is 0.255. The SMILES string of the molecule is Cc1cc(C)c(C(CN)NCC(C(C)C)C(C)C)c(C)c1. The molecular weight excluding hydrogens is 256 g/mol. The summed E-state index contributed by atoms with van der Waals surface area (Å²) in [5.74, 6) is 2.07. The van der Waals surface area contributed by atoms with Gasteiger partial charge < -0.3 is 11.1 Å². The van der Waals surface area contributed by atoms with Gasteiger partial charge in [-0.05, 0) is 61.8 Å². The van der Waals surface area contributed by atoms with Crippen molar-refractivity contribution in [3.63, 3.8) is 0 Å². The quantitative estimate of drug-likeness (QED) is 0.792. The van der Waals surface area contributed by atoms with Crippen molar-refractivity contribution in [2.75, 3.05) is 13.1 Å². The highest BCUT2D eigenvalue weighted by Crippen LogP contribution is 2.25. The van der Waals surface area contributed by atoms with Crippen LogP contribution in [0.5, 0.6) is 0 Å². The number of rotatable bonds is 7. The Labute approximate surface area is 131 Å². The molecule has 0 aromatic heterocycles. The van der Waals surface area contributed by atoms with Crippen LogP contribution in [0.2, 0.25) is 0 Å². The molecule has 1 atom stereocenters. The van der Waals surface area contributed by atoms with Gasteiger partial charge in [0.2, 0.25) is 0 Å². The second-order valence-corrected chi connectivity index (χ2v) is 7.16. The third kappa shape index (κ3) is 4.82. The van der Waals surface area contributed by atoms with Gasteiger partial charge in [0, 0.05) is 12.6 Å². The molecule has 0 aliphatic rings. The van der Waals surface area contributed by atoms with Gasteiger partial charge in [-0.25, -0.2) is 0 Å². The van der Waals surface area contributed by atoms with Gasteiger partial charge in [0.15, 0.2) is 0 Å². The van der Waals surface area contributed by atoms with E-state index in [1.807, 2.05) is 0 Å². The van der Waals surface area contributed by atoms with Crippen LogP contribution >= 0.6 is 0 Å². The highest BCUT2D eigenvalue weighted by molar-refractivity contribution is 5.39. The van der Waals surface area contributed by atoms with Crippen molar-refractivity contribution in [1.82, 2.24) is 5.32 Å². The third-order valence-electron chi connectivity index (χ3n) is 4.63. The number of nitrogens with two attached hydrogens (primary N) is 1. The predicted molar refractivity (Wildman–Crippen MR) is 93.6 cm³/mol. The molecule has 120 valence electrons. The van der Waals surface area contributed by atoms with Gasteiger partial charge >= 0.3 is 0 Å². The van der Waals surface area contributed by atoms with E-state index in [0.29, 0.717) is 24.3 Å². The van der Waals surface area contributed by atoms with E-state index in [1.165, 1.54) is 22.3 Å². The average Bonchev–Trinajstić information content (AvgIpc) is 2.34. The van der Waals surface area contributed by atoms with Crippen LogP contribution in [0, 0.1) is 38.5 Å². The zero-order chi connectivity index (χ0) is 16.2. The van der Waals surface area contributed by atoms with Crippen molar-refractivity contribution in [3.8, 4) is 0 Å². The Morgan fingerprint density at radius 1 is 0.952 bits per heavy atom. The molecule has 1 unspecified atom stereocenters. The summed E-state index contributed by atoms with van der Waals surface area (Å²) in [4.78, 5) is 0. The van der Waals surface area contributed by atoms with E-state index < -0.39 is 0 Å². The number of aryl methyl sites for hydroxylation is 3. The first-order valence-electron chi connectivity index (χ1n) is 8.29. The van der Waals surface area contributed by atoms with Crippen molar-refractivity contribution < 1.29 is 0 Å². The summed E-state index contributed by atoms with van der Waals surface area (Å²) in [5, 5.41) is 3.72. The standard InChI is InChI=1S/C19H34N2/c1-12(2)17(13(3)4)11-21-18(10-20)19-15(6)8-14(5)9-16(19)7/h8-9,12-13,17-18,21H,10-11,20H2,1-7H3. The van der Waals surface area contributed by atoms with Crippen molar-refractivity contribution in [2.45, 2.75) is 54.5 Å². The summed E-state index contributed by atoms with van der Waals surface area (Å²) in [6, 6.07) is 4.77. The molecule has 0 radical (unpaired) electrons. The molecular formula is C19H34N2. The molecule has 3 N–H and O–H groups in total. The van der Waals surface area contributed by atoms with Crippen LogP contribution in [0.4, 0.5) is 0 Å². The number of nitrogens with one attached hydrogen (secondary N) is 1. The molecule has 0 saturated carbocycles. The van der Waals surface area contributed by atoms with Crippen LogP contribution < -0.4 is 11.1 Å². The highest BCUT2D eigenvalue weighted by Gasteiger charge is 2.20. The van der Waals surface area contributed by atoms with Gasteiger partial charge in [-0.1, -0.05) is 45.4 Å². The van der Waals surface area contributed by atoms with Crippen LogP contribution in [0.3, 0.4) is 0 Å². The second kappa shape index (κ2) is 7.95. The summed E-state index contributed by atoms with van der Waals surface area (Å²) >= 11 is 0. The topological polar surface area (TPSA) is 38.0 Å². The monoisotopic (exact) mass is 290 g/mol. The molecule has 0 amide bonds. The lowest BCUT2D eigenvalue weighted by Gasteiger charge is -2.29. The zero-order valence-corrected chi connectivity index (χ0v) is 15.0. The van der Waals surface area contributed by atoms with E-state index in [1.54, 1.807) is 0 Å². The molecule has 0 heterocycles. The molecule has 1 aromatic rings. The fourth-order valence-corrected chi connectivity index (χ4v) is 3.56. The zero-order valence-electron chi connectivity index (χ0n) is 15.0. The molecule has 2 heteroatoms. The maximum Gasteiger partial charge on any atom is 0.0449 e. The number of hydrogen-bond acceptors (Lipinski definition) is 2. The van der Waals surface area contributed by atoms with Crippen LogP contribution in [0.25, 0.3) is 0 Å². The lowest BCUT2D eigenvalue weighted by molar-refractivity contribution is 0.266. The van der Waals surface area contributed by atoms with Crippen LogP contribution in [-0.2, 0) is 0 Å². The van der Waals surface area contributed by atoms with E-state index in [9.17, 15) is 0 Å². The van der Waals surface area contributed by atoms with E-state index in [-0.39, 0.29) is 6.04 Å². The average molecular weight is 290 g/mol. The van der Waals surface area contributed by atoms with Gasteiger partial charge in [-0.2, -0.15) is 0 Å². The lowest BCUT2D eigenvalue weighted by atomic mass is 9.85. The molecule has 0 spiro atoms. The third-order valence-corrected chi connectivity index (χ3v) is 4.63. The van der Waals surface area contributed by atoms with Gasteiger partial charge in [-0.15, -0.1) is 0 Å². The normalized spacial score (nSPS) is 13.5. The lowest BCUT2D eigenvalue weighted by Crippen LogP contribution is -2.36. The maximum absolute atomic E-state index is 6.06.